The molecule has 2 aromatic carbocycles. The van der Waals surface area contributed by atoms with Gasteiger partial charge in [-0.05, 0) is 35.9 Å². The lowest BCUT2D eigenvalue weighted by atomic mass is 10.2. The molecule has 3 aromatic rings. The summed E-state index contributed by atoms with van der Waals surface area (Å²) in [5.74, 6) is 0.000777. The van der Waals surface area contributed by atoms with E-state index in [4.69, 9.17) is 0 Å². The molecule has 0 fully saturated rings. The lowest BCUT2D eigenvalue weighted by Gasteiger charge is -2.23. The molecule has 0 atom stereocenters. The summed E-state index contributed by atoms with van der Waals surface area (Å²) < 4.78 is 30.5. The van der Waals surface area contributed by atoms with E-state index in [0.717, 1.165) is 5.56 Å². The van der Waals surface area contributed by atoms with Crippen molar-refractivity contribution in [2.24, 2.45) is 10.2 Å². The number of sulfonamides is 1. The van der Waals surface area contributed by atoms with Gasteiger partial charge in [0.05, 0.1) is 10.6 Å². The zero-order chi connectivity index (χ0) is 28.4. The molecule has 10 nitrogen and oxygen atoms in total. The van der Waals surface area contributed by atoms with E-state index in [2.05, 4.69) is 46.3 Å². The van der Waals surface area contributed by atoms with Crippen molar-refractivity contribution >= 4 is 39.1 Å². The predicted molar refractivity (Wildman–Crippen MR) is 152 cm³/mol. The van der Waals surface area contributed by atoms with Gasteiger partial charge in [0, 0.05) is 25.3 Å². The molecular formula is C28H26N8O2S. The van der Waals surface area contributed by atoms with Gasteiger partial charge in [-0.25, -0.2) is 8.42 Å². The number of nitrogens with one attached hydrogen (secondary N) is 1. The molecule has 0 aliphatic rings. The molecule has 0 saturated heterocycles. The zero-order valence-electron chi connectivity index (χ0n) is 21.2. The van der Waals surface area contributed by atoms with E-state index in [0.29, 0.717) is 18.8 Å². The third-order valence-electron chi connectivity index (χ3n) is 5.43. The van der Waals surface area contributed by atoms with Crippen LogP contribution in [0.3, 0.4) is 0 Å². The van der Waals surface area contributed by atoms with Gasteiger partial charge in [0.25, 0.3) is 16.0 Å². The van der Waals surface area contributed by atoms with E-state index >= 15 is 0 Å². The van der Waals surface area contributed by atoms with Crippen LogP contribution in [0.2, 0.25) is 0 Å². The summed E-state index contributed by atoms with van der Waals surface area (Å²) in [7, 11) is -4.00. The largest absolute Gasteiger partial charge is 0.364 e. The van der Waals surface area contributed by atoms with Gasteiger partial charge in [0.15, 0.2) is 11.4 Å². The van der Waals surface area contributed by atoms with Gasteiger partial charge < -0.3 is 4.90 Å². The van der Waals surface area contributed by atoms with Crippen molar-refractivity contribution in [3.05, 3.63) is 104 Å². The number of allylic oxidation sites excluding steroid dienone is 1. The van der Waals surface area contributed by atoms with E-state index in [1.165, 1.54) is 22.8 Å². The molecule has 0 amide bonds. The average Bonchev–Trinajstić information content (AvgIpc) is 3.28. The van der Waals surface area contributed by atoms with Crippen molar-refractivity contribution in [2.45, 2.75) is 11.4 Å². The number of aromatic nitrogens is 2. The van der Waals surface area contributed by atoms with Gasteiger partial charge >= 0.3 is 0 Å². The van der Waals surface area contributed by atoms with E-state index in [1.807, 2.05) is 17.0 Å². The Bertz CT molecular complexity index is 1610. The summed E-state index contributed by atoms with van der Waals surface area (Å²) in [6.07, 6.45) is 6.59. The molecule has 0 bridgehead atoms. The Hall–Kier alpha value is -5.26. The standard InChI is InChI=1S/C28H26N8O2S/c1-5-15-35(16-6-2)22-11-14-24(32-33-28-31-26(19-29)27(20-30)36(28)17-7-3)25(18-22)34-39(37,38)23-12-9-21(8-4)10-13-23/h5-14,18,34H,1-4,15-17H2/b33-32+. The Morgan fingerprint density at radius 3 is 2.23 bits per heavy atom. The van der Waals surface area contributed by atoms with Crippen LogP contribution in [0.25, 0.3) is 6.08 Å². The van der Waals surface area contributed by atoms with Crippen LogP contribution in [-0.4, -0.2) is 31.1 Å². The monoisotopic (exact) mass is 538 g/mol. The molecule has 0 aliphatic heterocycles. The molecule has 1 aromatic heterocycles. The molecule has 0 saturated carbocycles. The van der Waals surface area contributed by atoms with Crippen molar-refractivity contribution in [2.75, 3.05) is 22.7 Å². The molecule has 11 heteroatoms. The normalized spacial score (nSPS) is 10.8. The highest BCUT2D eigenvalue weighted by molar-refractivity contribution is 7.92. The quantitative estimate of drug-likeness (QED) is 0.214. The first-order chi connectivity index (χ1) is 18.8. The van der Waals surface area contributed by atoms with Crippen molar-refractivity contribution in [1.29, 1.82) is 10.5 Å². The smallest absolute Gasteiger partial charge is 0.261 e. The van der Waals surface area contributed by atoms with Crippen LogP contribution < -0.4 is 9.62 Å². The van der Waals surface area contributed by atoms with Crippen LogP contribution in [-0.2, 0) is 16.6 Å². The highest BCUT2D eigenvalue weighted by Gasteiger charge is 2.19. The van der Waals surface area contributed by atoms with Gasteiger partial charge in [-0.15, -0.1) is 30.0 Å². The first-order valence-electron chi connectivity index (χ1n) is 11.6. The molecule has 1 N–H and O–H groups in total. The number of nitriles is 2. The molecule has 196 valence electrons. The summed E-state index contributed by atoms with van der Waals surface area (Å²) in [6, 6.07) is 15.1. The SMILES string of the molecule is C=CCN(CC=C)c1ccc(/N=N/c2nc(C#N)c(C#N)n2CC=C)c(NS(=O)(=O)c2ccc(C=C)cc2)c1. The van der Waals surface area contributed by atoms with Crippen LogP contribution in [0.5, 0.6) is 0 Å². The predicted octanol–water partition coefficient (Wildman–Crippen LogP) is 5.85. The summed E-state index contributed by atoms with van der Waals surface area (Å²) in [5.41, 5.74) is 1.74. The number of benzene rings is 2. The van der Waals surface area contributed by atoms with E-state index in [1.54, 1.807) is 48.6 Å². The molecular weight excluding hydrogens is 512 g/mol. The summed E-state index contributed by atoms with van der Waals surface area (Å²) in [5, 5.41) is 27.2. The fourth-order valence-electron chi connectivity index (χ4n) is 3.58. The lowest BCUT2D eigenvalue weighted by molar-refractivity contribution is 0.601. The van der Waals surface area contributed by atoms with Gasteiger partial charge in [-0.1, -0.05) is 43.0 Å². The van der Waals surface area contributed by atoms with Gasteiger partial charge in [0.2, 0.25) is 0 Å². The average molecular weight is 539 g/mol. The number of imidazole rings is 1. The van der Waals surface area contributed by atoms with Crippen molar-refractivity contribution in [3.63, 3.8) is 0 Å². The highest BCUT2D eigenvalue weighted by Crippen LogP contribution is 2.33. The Morgan fingerprint density at radius 1 is 0.974 bits per heavy atom. The lowest BCUT2D eigenvalue weighted by Crippen LogP contribution is -2.23. The van der Waals surface area contributed by atoms with Crippen molar-refractivity contribution in [3.8, 4) is 12.1 Å². The maximum atomic E-state index is 13.3. The molecule has 0 spiro atoms. The zero-order valence-corrected chi connectivity index (χ0v) is 22.0. The number of rotatable bonds is 13. The second-order valence-corrected chi connectivity index (χ2v) is 9.68. The third kappa shape index (κ3) is 6.55. The van der Waals surface area contributed by atoms with E-state index in [-0.39, 0.29) is 40.2 Å². The van der Waals surface area contributed by atoms with E-state index < -0.39 is 10.0 Å². The topological polar surface area (TPSA) is 140 Å². The molecule has 0 unspecified atom stereocenters. The van der Waals surface area contributed by atoms with Crippen molar-refractivity contribution in [1.82, 2.24) is 9.55 Å². The van der Waals surface area contributed by atoms with Gasteiger partial charge in [-0.2, -0.15) is 15.5 Å². The Morgan fingerprint density at radius 2 is 1.67 bits per heavy atom. The maximum absolute atomic E-state index is 13.3. The van der Waals surface area contributed by atoms with Crippen LogP contribution in [0.1, 0.15) is 17.0 Å². The maximum Gasteiger partial charge on any atom is 0.261 e. The fraction of sp³-hybridized carbons (Fsp3) is 0.107. The van der Waals surface area contributed by atoms with Crippen molar-refractivity contribution < 1.29 is 8.42 Å². The minimum absolute atomic E-state index is 0.000777. The third-order valence-corrected chi connectivity index (χ3v) is 6.81. The first kappa shape index (κ1) is 28.3. The minimum atomic E-state index is -4.00. The van der Waals surface area contributed by atoms with Gasteiger partial charge in [0.1, 0.15) is 17.8 Å². The first-order valence-corrected chi connectivity index (χ1v) is 13.1. The van der Waals surface area contributed by atoms with Crippen LogP contribution in [0.15, 0.2) is 102 Å². The summed E-state index contributed by atoms with van der Waals surface area (Å²) in [6.45, 7) is 16.1. The Kier molecular flexibility index (Phi) is 9.30. The molecule has 39 heavy (non-hydrogen) atoms. The number of hydrogen-bond acceptors (Lipinski definition) is 8. The molecule has 0 aliphatic carbocycles. The minimum Gasteiger partial charge on any atom is -0.364 e. The second-order valence-electron chi connectivity index (χ2n) is 7.99. The molecule has 3 rings (SSSR count). The second kappa shape index (κ2) is 12.8. The van der Waals surface area contributed by atoms with E-state index in [9.17, 15) is 18.9 Å². The number of nitrogens with zero attached hydrogens (tertiary/aromatic N) is 7. The summed E-state index contributed by atoms with van der Waals surface area (Å²) in [4.78, 5) is 6.08. The van der Waals surface area contributed by atoms with Crippen LogP contribution in [0.4, 0.5) is 23.0 Å². The number of azo groups is 1. The Balaban J connectivity index is 2.12. The fourth-order valence-corrected chi connectivity index (χ4v) is 4.65. The number of hydrogen-bond donors (Lipinski definition) is 1. The Labute approximate surface area is 227 Å². The molecule has 1 heterocycles. The van der Waals surface area contributed by atoms with Crippen LogP contribution in [0, 0.1) is 22.7 Å². The molecule has 0 radical (unpaired) electrons. The van der Waals surface area contributed by atoms with Gasteiger partial charge in [-0.3, -0.25) is 9.29 Å². The highest BCUT2D eigenvalue weighted by atomic mass is 32.2. The summed E-state index contributed by atoms with van der Waals surface area (Å²) >= 11 is 0. The van der Waals surface area contributed by atoms with Crippen LogP contribution >= 0.6 is 0 Å². The number of anilines is 2.